The summed E-state index contributed by atoms with van der Waals surface area (Å²) in [6.07, 6.45) is -7.70. The largest absolute Gasteiger partial charge is 0.394 e. The average molecular weight is 1340 g/mol. The third kappa shape index (κ3) is 32.5. The van der Waals surface area contributed by atoms with Gasteiger partial charge in [0.2, 0.25) is 0 Å². The third-order valence-corrected chi connectivity index (χ3v) is 18.9. The van der Waals surface area contributed by atoms with Gasteiger partial charge in [-0.1, -0.05) is 121 Å². The lowest BCUT2D eigenvalue weighted by atomic mass is 9.86. The first-order chi connectivity index (χ1) is 43.9. The molecule has 2 heterocycles. The second kappa shape index (κ2) is 46.9. The van der Waals surface area contributed by atoms with E-state index >= 15 is 0 Å². The van der Waals surface area contributed by atoms with Crippen LogP contribution >= 0.6 is 0 Å². The standard InChI is InChI=1S/C69H126O24/c1-6-7-8-9-10-11-12-13-14-15-16-17-18-19-31-52(77)63(86)67-64(87)55(80)38-56(92-67)65(88)61(84)43(3)33-35-49(74)40-69(91)68(90)66(89)57(93-69)39-54(79)58(81)42(2)24-20-32-51(76)62(85)60(83)44(4)34-36-53(78)59(82)45(5)37-48(73)29-22-27-46(71)25-21-26-47(72)28-23-30-50(75)41-70/h6-8,19,23,28,31,42,44-68,70-91H,1,3,9-18,20-22,24-27,29-30,32-41H2,2,4-5H3/b8-7+,28-23+,31-19+. The van der Waals surface area contributed by atoms with Crippen molar-refractivity contribution >= 4 is 0 Å². The summed E-state index contributed by atoms with van der Waals surface area (Å²) >= 11 is 0. The molecule has 2 aliphatic rings. The topological polar surface area (TPSA) is 464 Å². The zero-order valence-electron chi connectivity index (χ0n) is 55.6. The van der Waals surface area contributed by atoms with Crippen LogP contribution in [0.2, 0.25) is 0 Å². The molecular formula is C69H126O24. The Balaban J connectivity index is 1.74. The fourth-order valence-corrected chi connectivity index (χ4v) is 12.4. The van der Waals surface area contributed by atoms with Crippen molar-refractivity contribution < 1.29 is 122 Å². The molecule has 0 amide bonds. The fourth-order valence-electron chi connectivity index (χ4n) is 12.4. The summed E-state index contributed by atoms with van der Waals surface area (Å²) in [7, 11) is 0. The minimum Gasteiger partial charge on any atom is -0.394 e. The lowest BCUT2D eigenvalue weighted by Crippen LogP contribution is -2.59. The van der Waals surface area contributed by atoms with Crippen LogP contribution in [-0.2, 0) is 9.47 Å². The van der Waals surface area contributed by atoms with Crippen LogP contribution < -0.4 is 0 Å². The molecule has 27 atom stereocenters. The number of ether oxygens (including phenoxy) is 2. The highest BCUT2D eigenvalue weighted by atomic mass is 16.7. The Morgan fingerprint density at radius 3 is 1.72 bits per heavy atom. The molecule has 0 aromatic carbocycles. The summed E-state index contributed by atoms with van der Waals surface area (Å²) in [5, 5.41) is 235. The molecule has 2 saturated heterocycles. The summed E-state index contributed by atoms with van der Waals surface area (Å²) in [6, 6.07) is 0. The second-order valence-corrected chi connectivity index (χ2v) is 27.2. The number of aliphatic hydroxyl groups is 22. The smallest absolute Gasteiger partial charge is 0.197 e. The molecule has 546 valence electrons. The lowest BCUT2D eigenvalue weighted by molar-refractivity contribution is -0.244. The first-order valence-electron chi connectivity index (χ1n) is 34.5. The number of hydrogen-bond donors (Lipinski definition) is 22. The SMILES string of the molecule is C=C/C=C/CCCCCCCCCC/C=C/C(O)C(O)C1OC(C(O)C(O)C(=C)CCC(O)CC2(O)OC(CC(O)C(O)C(C)CCCC(O)C(O)C(O)C(C)CCC(O)C(O)C(C)CC(O)CCCC(O)CCCC(O)/C=C/CC(O)CO)C(O)C2O)CC(O)C1O. The summed E-state index contributed by atoms with van der Waals surface area (Å²) < 4.78 is 11.4. The van der Waals surface area contributed by atoms with Crippen LogP contribution in [-0.4, -0.2) is 265 Å². The predicted molar refractivity (Wildman–Crippen MR) is 349 cm³/mol. The van der Waals surface area contributed by atoms with Gasteiger partial charge in [-0.15, -0.1) is 0 Å². The van der Waals surface area contributed by atoms with Gasteiger partial charge in [0.25, 0.3) is 0 Å². The number of hydrogen-bond acceptors (Lipinski definition) is 24. The molecule has 2 rings (SSSR count). The molecule has 0 aliphatic carbocycles. The van der Waals surface area contributed by atoms with Crippen molar-refractivity contribution in [2.75, 3.05) is 6.61 Å². The molecule has 24 nitrogen and oxygen atoms in total. The first kappa shape index (κ1) is 86.8. The molecule has 27 unspecified atom stereocenters. The molecule has 0 saturated carbocycles. The maximum absolute atomic E-state index is 11.3. The van der Waals surface area contributed by atoms with E-state index in [9.17, 15) is 107 Å². The average Bonchev–Trinajstić information content (AvgIpc) is 1.72. The predicted octanol–water partition coefficient (Wildman–Crippen LogP) is 1.29. The van der Waals surface area contributed by atoms with Gasteiger partial charge in [-0.2, -0.15) is 0 Å². The number of unbranched alkanes of at least 4 members (excludes halogenated alkanes) is 9. The molecule has 2 aliphatic heterocycles. The van der Waals surface area contributed by atoms with Gasteiger partial charge in [0.1, 0.15) is 54.9 Å². The summed E-state index contributed by atoms with van der Waals surface area (Å²) in [5.41, 5.74) is -0.0147. The van der Waals surface area contributed by atoms with E-state index in [1.54, 1.807) is 45.1 Å². The van der Waals surface area contributed by atoms with Gasteiger partial charge in [0.15, 0.2) is 5.79 Å². The van der Waals surface area contributed by atoms with Crippen LogP contribution in [0.1, 0.15) is 201 Å². The Bertz CT molecular complexity index is 2040. The maximum Gasteiger partial charge on any atom is 0.197 e. The number of rotatable bonds is 53. The highest BCUT2D eigenvalue weighted by Gasteiger charge is 2.54. The van der Waals surface area contributed by atoms with Crippen LogP contribution in [0.5, 0.6) is 0 Å². The van der Waals surface area contributed by atoms with Crippen LogP contribution in [0.25, 0.3) is 0 Å². The van der Waals surface area contributed by atoms with Gasteiger partial charge in [0, 0.05) is 19.3 Å². The monoisotopic (exact) mass is 1340 g/mol. The quantitative estimate of drug-likeness (QED) is 0.0232. The molecule has 24 heteroatoms. The normalized spacial score (nSPS) is 27.8. The zero-order chi connectivity index (χ0) is 70.0. The van der Waals surface area contributed by atoms with Gasteiger partial charge >= 0.3 is 0 Å². The van der Waals surface area contributed by atoms with Gasteiger partial charge in [-0.3, -0.25) is 0 Å². The Labute approximate surface area is 552 Å². The summed E-state index contributed by atoms with van der Waals surface area (Å²) in [5.74, 6) is -4.30. The van der Waals surface area contributed by atoms with Crippen molar-refractivity contribution in [3.63, 3.8) is 0 Å². The van der Waals surface area contributed by atoms with Crippen molar-refractivity contribution in [1.82, 2.24) is 0 Å². The van der Waals surface area contributed by atoms with Crippen molar-refractivity contribution in [3.05, 3.63) is 61.3 Å². The van der Waals surface area contributed by atoms with Crippen LogP contribution in [0.3, 0.4) is 0 Å². The highest BCUT2D eigenvalue weighted by Crippen LogP contribution is 2.37. The number of aliphatic hydroxyl groups excluding tert-OH is 21. The summed E-state index contributed by atoms with van der Waals surface area (Å²) in [4.78, 5) is 0. The van der Waals surface area contributed by atoms with Crippen molar-refractivity contribution in [3.8, 4) is 0 Å². The molecule has 2 fully saturated rings. The Morgan fingerprint density at radius 2 is 1.10 bits per heavy atom. The molecule has 22 N–H and O–H groups in total. The van der Waals surface area contributed by atoms with Gasteiger partial charge in [-0.25, -0.2) is 0 Å². The van der Waals surface area contributed by atoms with E-state index in [1.807, 2.05) is 6.08 Å². The van der Waals surface area contributed by atoms with Gasteiger partial charge in [0.05, 0.1) is 92.1 Å². The maximum atomic E-state index is 11.3. The van der Waals surface area contributed by atoms with Gasteiger partial charge < -0.3 is 122 Å². The van der Waals surface area contributed by atoms with E-state index in [4.69, 9.17) is 14.6 Å². The molecule has 93 heavy (non-hydrogen) atoms. The Morgan fingerprint density at radius 1 is 0.538 bits per heavy atom. The molecule has 0 spiro atoms. The van der Waals surface area contributed by atoms with Crippen LogP contribution in [0.15, 0.2) is 61.3 Å². The minimum absolute atomic E-state index is 0.0147. The fraction of sp³-hybridized carbons (Fsp3) is 0.855. The van der Waals surface area contributed by atoms with Gasteiger partial charge in [-0.05, 0) is 139 Å². The zero-order valence-corrected chi connectivity index (χ0v) is 55.6. The van der Waals surface area contributed by atoms with E-state index in [2.05, 4.69) is 19.2 Å². The highest BCUT2D eigenvalue weighted by molar-refractivity contribution is 5.09. The van der Waals surface area contributed by atoms with Crippen LogP contribution in [0.4, 0.5) is 0 Å². The number of allylic oxidation sites excluding steroid dienone is 4. The summed E-state index contributed by atoms with van der Waals surface area (Å²) in [6.45, 7) is 12.0. The molecule has 0 radical (unpaired) electrons. The third-order valence-electron chi connectivity index (χ3n) is 18.9. The van der Waals surface area contributed by atoms with Crippen LogP contribution in [0, 0.1) is 17.8 Å². The Kier molecular flexibility index (Phi) is 43.8. The Hall–Kier alpha value is -2.26. The van der Waals surface area contributed by atoms with Crippen molar-refractivity contribution in [2.24, 2.45) is 17.8 Å². The first-order valence-corrected chi connectivity index (χ1v) is 34.5. The van der Waals surface area contributed by atoms with E-state index in [0.717, 1.165) is 38.5 Å². The molecule has 0 aromatic heterocycles. The van der Waals surface area contributed by atoms with E-state index < -0.39 is 177 Å². The van der Waals surface area contributed by atoms with Crippen molar-refractivity contribution in [2.45, 2.75) is 347 Å². The van der Waals surface area contributed by atoms with E-state index in [-0.39, 0.29) is 76.4 Å². The van der Waals surface area contributed by atoms with E-state index in [1.165, 1.54) is 25.3 Å². The second-order valence-electron chi connectivity index (χ2n) is 27.2. The molecule has 0 bridgehead atoms. The molecular weight excluding hydrogens is 1210 g/mol. The van der Waals surface area contributed by atoms with Crippen molar-refractivity contribution in [1.29, 1.82) is 0 Å². The minimum atomic E-state index is -2.53. The lowest BCUT2D eigenvalue weighted by Gasteiger charge is -2.42. The molecule has 0 aromatic rings. The van der Waals surface area contributed by atoms with E-state index in [0.29, 0.717) is 44.9 Å².